The Balaban J connectivity index is 1.87. The van der Waals surface area contributed by atoms with Crippen LogP contribution < -0.4 is 4.74 Å². The molecule has 0 radical (unpaired) electrons. The van der Waals surface area contributed by atoms with E-state index in [4.69, 9.17) is 4.74 Å². The van der Waals surface area contributed by atoms with Crippen molar-refractivity contribution in [3.8, 4) is 34.0 Å². The van der Waals surface area contributed by atoms with E-state index in [2.05, 4.69) is 39.7 Å². The van der Waals surface area contributed by atoms with Gasteiger partial charge in [0.15, 0.2) is 0 Å². The van der Waals surface area contributed by atoms with E-state index in [1.807, 2.05) is 31.2 Å². The maximum absolute atomic E-state index is 10.5. The Morgan fingerprint density at radius 3 is 2.50 bits per heavy atom. The minimum absolute atomic E-state index is 0.120. The molecule has 2 N–H and O–H groups in total. The molecule has 0 saturated heterocycles. The molecular formula is C21H19N3O2. The van der Waals surface area contributed by atoms with E-state index in [0.29, 0.717) is 22.7 Å². The maximum atomic E-state index is 10.5. The van der Waals surface area contributed by atoms with Gasteiger partial charge >= 0.3 is 0 Å². The van der Waals surface area contributed by atoms with Gasteiger partial charge in [0.2, 0.25) is 0 Å². The molecule has 0 spiro atoms. The predicted octanol–water partition coefficient (Wildman–Crippen LogP) is 4.57. The quantitative estimate of drug-likeness (QED) is 0.568. The Bertz CT molecular complexity index is 1090. The molecule has 5 heteroatoms. The average molecular weight is 345 g/mol. The predicted molar refractivity (Wildman–Crippen MR) is 102 cm³/mol. The van der Waals surface area contributed by atoms with E-state index in [-0.39, 0.29) is 5.75 Å². The highest BCUT2D eigenvalue weighted by Crippen LogP contribution is 2.38. The number of hydrogen-bond donors (Lipinski definition) is 2. The number of H-pyrrole nitrogens is 1. The molecule has 0 amide bonds. The van der Waals surface area contributed by atoms with Gasteiger partial charge in [0, 0.05) is 17.2 Å². The van der Waals surface area contributed by atoms with Gasteiger partial charge < -0.3 is 9.84 Å². The molecule has 0 fully saturated rings. The summed E-state index contributed by atoms with van der Waals surface area (Å²) < 4.78 is 5.35. The molecule has 4 rings (SSSR count). The Morgan fingerprint density at radius 2 is 1.73 bits per heavy atom. The third-order valence-corrected chi connectivity index (χ3v) is 4.61. The van der Waals surface area contributed by atoms with E-state index < -0.39 is 0 Å². The lowest BCUT2D eigenvalue weighted by atomic mass is 9.99. The zero-order chi connectivity index (χ0) is 18.1. The first-order chi connectivity index (χ1) is 12.7. The molecule has 26 heavy (non-hydrogen) atoms. The number of methoxy groups -OCH3 is 1. The minimum atomic E-state index is 0.120. The maximum Gasteiger partial charge on any atom is 0.128 e. The number of phenolic OH excluding ortho intramolecular Hbond substituents is 1. The van der Waals surface area contributed by atoms with Crippen LogP contribution in [0.3, 0.4) is 0 Å². The standard InChI is InChI=1S/C21H19N3O2/c1-3-13-11-17(18(25)12-19(13)26-2)21-20(22-24-23-21)16-9-8-14-6-4-5-7-15(14)10-16/h4-12,25H,3H2,1-2H3,(H,22,23,24). The fourth-order valence-corrected chi connectivity index (χ4v) is 3.23. The number of hydrogen-bond acceptors (Lipinski definition) is 4. The molecule has 0 saturated carbocycles. The van der Waals surface area contributed by atoms with Gasteiger partial charge in [0.05, 0.1) is 7.11 Å². The number of aromatic nitrogens is 3. The second-order valence-electron chi connectivity index (χ2n) is 6.12. The first kappa shape index (κ1) is 16.1. The number of phenols is 1. The van der Waals surface area contributed by atoms with Crippen LogP contribution in [0.25, 0.3) is 33.3 Å². The van der Waals surface area contributed by atoms with Gasteiger partial charge in [-0.25, -0.2) is 0 Å². The lowest BCUT2D eigenvalue weighted by molar-refractivity contribution is 0.403. The number of rotatable bonds is 4. The number of fused-ring (bicyclic) bond motifs is 1. The molecule has 0 atom stereocenters. The van der Waals surface area contributed by atoms with Gasteiger partial charge in [0.1, 0.15) is 22.9 Å². The molecule has 0 bridgehead atoms. The first-order valence-electron chi connectivity index (χ1n) is 8.51. The van der Waals surface area contributed by atoms with Crippen LogP contribution in [0.1, 0.15) is 12.5 Å². The van der Waals surface area contributed by atoms with Crippen LogP contribution in [0.2, 0.25) is 0 Å². The highest BCUT2D eigenvalue weighted by atomic mass is 16.5. The van der Waals surface area contributed by atoms with Crippen molar-refractivity contribution in [2.45, 2.75) is 13.3 Å². The summed E-state index contributed by atoms with van der Waals surface area (Å²) in [5.41, 5.74) is 3.92. The van der Waals surface area contributed by atoms with Crippen LogP contribution in [-0.2, 0) is 6.42 Å². The van der Waals surface area contributed by atoms with Crippen LogP contribution in [0, 0.1) is 0 Å². The molecule has 0 unspecified atom stereocenters. The topological polar surface area (TPSA) is 71.0 Å². The molecule has 5 nitrogen and oxygen atoms in total. The number of nitrogens with zero attached hydrogens (tertiary/aromatic N) is 2. The number of nitrogens with one attached hydrogen (secondary N) is 1. The van der Waals surface area contributed by atoms with Gasteiger partial charge in [-0.1, -0.05) is 43.3 Å². The van der Waals surface area contributed by atoms with Gasteiger partial charge in [-0.05, 0) is 34.9 Å². The van der Waals surface area contributed by atoms with E-state index >= 15 is 0 Å². The summed E-state index contributed by atoms with van der Waals surface area (Å²) in [6, 6.07) is 17.9. The molecule has 0 aliphatic carbocycles. The third-order valence-electron chi connectivity index (χ3n) is 4.61. The Labute approximate surface area is 151 Å². The summed E-state index contributed by atoms with van der Waals surface area (Å²) >= 11 is 0. The summed E-state index contributed by atoms with van der Waals surface area (Å²) in [6.45, 7) is 2.05. The summed E-state index contributed by atoms with van der Waals surface area (Å²) in [7, 11) is 1.60. The minimum Gasteiger partial charge on any atom is -0.507 e. The fourth-order valence-electron chi connectivity index (χ4n) is 3.23. The highest BCUT2D eigenvalue weighted by Gasteiger charge is 2.18. The van der Waals surface area contributed by atoms with Crippen LogP contribution in [0.5, 0.6) is 11.5 Å². The normalized spacial score (nSPS) is 11.0. The van der Waals surface area contributed by atoms with Crippen molar-refractivity contribution < 1.29 is 9.84 Å². The lowest BCUT2D eigenvalue weighted by Gasteiger charge is -2.11. The van der Waals surface area contributed by atoms with Crippen molar-refractivity contribution >= 4 is 10.8 Å². The number of aromatic amines is 1. The van der Waals surface area contributed by atoms with Gasteiger partial charge in [0.25, 0.3) is 0 Å². The van der Waals surface area contributed by atoms with Crippen molar-refractivity contribution in [2.75, 3.05) is 7.11 Å². The average Bonchev–Trinajstić information content (AvgIpc) is 3.16. The van der Waals surface area contributed by atoms with Gasteiger partial charge in [-0.15, -0.1) is 0 Å². The number of ether oxygens (including phenoxy) is 1. The van der Waals surface area contributed by atoms with Crippen molar-refractivity contribution in [3.05, 3.63) is 60.2 Å². The molecule has 1 aromatic heterocycles. The molecule has 3 aromatic carbocycles. The van der Waals surface area contributed by atoms with Crippen LogP contribution in [0.15, 0.2) is 54.6 Å². The molecule has 4 aromatic rings. The Morgan fingerprint density at radius 1 is 0.962 bits per heavy atom. The summed E-state index contributed by atoms with van der Waals surface area (Å²) in [4.78, 5) is 0. The second-order valence-corrected chi connectivity index (χ2v) is 6.12. The smallest absolute Gasteiger partial charge is 0.128 e. The molecule has 130 valence electrons. The number of benzene rings is 3. The number of aryl methyl sites for hydroxylation is 1. The van der Waals surface area contributed by atoms with Gasteiger partial charge in [-0.2, -0.15) is 15.4 Å². The largest absolute Gasteiger partial charge is 0.507 e. The van der Waals surface area contributed by atoms with Crippen molar-refractivity contribution in [3.63, 3.8) is 0 Å². The van der Waals surface area contributed by atoms with Crippen LogP contribution in [-0.4, -0.2) is 27.6 Å². The molecule has 0 aliphatic heterocycles. The lowest BCUT2D eigenvalue weighted by Crippen LogP contribution is -1.93. The Hall–Kier alpha value is -3.34. The second kappa shape index (κ2) is 6.52. The SMILES string of the molecule is CCc1cc(-c2n[nH]nc2-c2ccc3ccccc3c2)c(O)cc1OC. The zero-order valence-electron chi connectivity index (χ0n) is 14.7. The van der Waals surface area contributed by atoms with E-state index in [0.717, 1.165) is 22.9 Å². The van der Waals surface area contributed by atoms with Crippen LogP contribution >= 0.6 is 0 Å². The van der Waals surface area contributed by atoms with Crippen molar-refractivity contribution in [2.24, 2.45) is 0 Å². The number of aromatic hydroxyl groups is 1. The molecular weight excluding hydrogens is 326 g/mol. The van der Waals surface area contributed by atoms with Crippen molar-refractivity contribution in [1.29, 1.82) is 0 Å². The third kappa shape index (κ3) is 2.67. The van der Waals surface area contributed by atoms with E-state index in [1.165, 1.54) is 5.39 Å². The molecule has 1 heterocycles. The summed E-state index contributed by atoms with van der Waals surface area (Å²) in [5.74, 6) is 0.791. The highest BCUT2D eigenvalue weighted by molar-refractivity contribution is 5.90. The summed E-state index contributed by atoms with van der Waals surface area (Å²) in [6.07, 6.45) is 0.791. The van der Waals surface area contributed by atoms with E-state index in [1.54, 1.807) is 13.2 Å². The first-order valence-corrected chi connectivity index (χ1v) is 8.51. The Kier molecular flexibility index (Phi) is 4.05. The monoisotopic (exact) mass is 345 g/mol. The molecule has 0 aliphatic rings. The fraction of sp³-hybridized carbons (Fsp3) is 0.143. The van der Waals surface area contributed by atoms with Crippen LogP contribution in [0.4, 0.5) is 0 Å². The van der Waals surface area contributed by atoms with Crippen molar-refractivity contribution in [1.82, 2.24) is 15.4 Å². The van der Waals surface area contributed by atoms with Gasteiger partial charge in [-0.3, -0.25) is 0 Å². The summed E-state index contributed by atoms with van der Waals surface area (Å²) in [5, 5.41) is 24.1. The van der Waals surface area contributed by atoms with E-state index in [9.17, 15) is 5.11 Å². The zero-order valence-corrected chi connectivity index (χ0v) is 14.7.